The quantitative estimate of drug-likeness (QED) is 0.467. The molecule has 0 saturated carbocycles. The van der Waals surface area contributed by atoms with E-state index in [1.807, 2.05) is 30.3 Å². The highest BCUT2D eigenvalue weighted by molar-refractivity contribution is 7.92. The van der Waals surface area contributed by atoms with Crippen LogP contribution in [0, 0.1) is 0 Å². The third-order valence-electron chi connectivity index (χ3n) is 4.94. The molecule has 180 valence electrons. The van der Waals surface area contributed by atoms with Crippen LogP contribution < -0.4 is 9.62 Å². The minimum atomic E-state index is -3.92. The van der Waals surface area contributed by atoms with E-state index >= 15 is 0 Å². The first-order valence-corrected chi connectivity index (χ1v) is 13.2. The van der Waals surface area contributed by atoms with Crippen LogP contribution >= 0.6 is 34.8 Å². The van der Waals surface area contributed by atoms with E-state index in [9.17, 15) is 18.0 Å². The third kappa shape index (κ3) is 7.50. The zero-order chi connectivity index (χ0) is 24.8. The number of carbonyl (C=O) groups is 2. The van der Waals surface area contributed by atoms with Crippen LogP contribution in [-0.2, 0) is 26.0 Å². The Kier molecular flexibility index (Phi) is 9.84. The van der Waals surface area contributed by atoms with E-state index in [4.69, 9.17) is 34.8 Å². The van der Waals surface area contributed by atoms with Crippen molar-refractivity contribution in [3.8, 4) is 0 Å². The van der Waals surface area contributed by atoms with Gasteiger partial charge in [-0.15, -0.1) is 0 Å². The lowest BCUT2D eigenvalue weighted by Crippen LogP contribution is -2.52. The Hall–Kier alpha value is -2.00. The van der Waals surface area contributed by atoms with Gasteiger partial charge >= 0.3 is 0 Å². The monoisotopic (exact) mass is 533 g/mol. The Labute approximate surface area is 209 Å². The normalized spacial score (nSPS) is 12.2. The van der Waals surface area contributed by atoms with Crippen molar-refractivity contribution in [1.29, 1.82) is 0 Å². The molecule has 0 aliphatic rings. The number of benzene rings is 2. The van der Waals surface area contributed by atoms with Gasteiger partial charge in [-0.1, -0.05) is 65.1 Å². The van der Waals surface area contributed by atoms with Crippen LogP contribution in [0.15, 0.2) is 42.5 Å². The topological polar surface area (TPSA) is 86.8 Å². The molecule has 33 heavy (non-hydrogen) atoms. The molecule has 0 aliphatic heterocycles. The van der Waals surface area contributed by atoms with Crippen molar-refractivity contribution in [2.24, 2.45) is 0 Å². The molecule has 1 atom stereocenters. The molecular weight excluding hydrogens is 509 g/mol. The first-order valence-electron chi connectivity index (χ1n) is 10.2. The van der Waals surface area contributed by atoms with Crippen LogP contribution in [0.2, 0.25) is 15.1 Å². The second-order valence-electron chi connectivity index (χ2n) is 7.38. The predicted molar refractivity (Wildman–Crippen MR) is 134 cm³/mol. The van der Waals surface area contributed by atoms with E-state index in [2.05, 4.69) is 5.32 Å². The van der Waals surface area contributed by atoms with Gasteiger partial charge in [0.15, 0.2) is 0 Å². The van der Waals surface area contributed by atoms with Gasteiger partial charge in [0.1, 0.15) is 12.6 Å². The largest absolute Gasteiger partial charge is 0.355 e. The number of rotatable bonds is 10. The van der Waals surface area contributed by atoms with Crippen LogP contribution in [-0.4, -0.2) is 57.1 Å². The number of nitrogens with one attached hydrogen (secondary N) is 1. The number of sulfonamides is 1. The van der Waals surface area contributed by atoms with Gasteiger partial charge in [0, 0.05) is 13.1 Å². The first kappa shape index (κ1) is 27.2. The van der Waals surface area contributed by atoms with Crippen LogP contribution in [0.1, 0.15) is 19.4 Å². The van der Waals surface area contributed by atoms with E-state index in [-0.39, 0.29) is 33.2 Å². The summed E-state index contributed by atoms with van der Waals surface area (Å²) in [4.78, 5) is 27.2. The number of nitrogens with zero attached hydrogens (tertiary/aromatic N) is 2. The predicted octanol–water partition coefficient (Wildman–Crippen LogP) is 4.01. The SMILES string of the molecule is CCNC(=O)[C@@H](C)N(CCc1ccccc1)C(=O)CN(c1cc(Cl)c(Cl)cc1Cl)S(C)(=O)=O. The Balaban J connectivity index is 2.37. The van der Waals surface area contributed by atoms with Gasteiger partial charge in [-0.2, -0.15) is 0 Å². The lowest BCUT2D eigenvalue weighted by Gasteiger charge is -2.31. The molecule has 7 nitrogen and oxygen atoms in total. The summed E-state index contributed by atoms with van der Waals surface area (Å²) in [6, 6.07) is 11.3. The van der Waals surface area contributed by atoms with Crippen molar-refractivity contribution in [2.45, 2.75) is 26.3 Å². The standard InChI is InChI=1S/C22H26Cl3N3O4S/c1-4-26-22(30)15(2)27(11-10-16-8-6-5-7-9-16)21(29)14-28(33(3,31)32)20-13-18(24)17(23)12-19(20)25/h5-9,12-13,15H,4,10-11,14H2,1-3H3,(H,26,30)/t15-/m1/s1. The van der Waals surface area contributed by atoms with Crippen molar-refractivity contribution in [2.75, 3.05) is 30.2 Å². The Morgan fingerprint density at radius 3 is 2.21 bits per heavy atom. The number of carbonyl (C=O) groups excluding carboxylic acids is 2. The van der Waals surface area contributed by atoms with Crippen molar-refractivity contribution in [3.63, 3.8) is 0 Å². The van der Waals surface area contributed by atoms with Gasteiger partial charge in [-0.3, -0.25) is 13.9 Å². The van der Waals surface area contributed by atoms with Crippen molar-refractivity contribution in [3.05, 3.63) is 63.1 Å². The van der Waals surface area contributed by atoms with Crippen LogP contribution in [0.3, 0.4) is 0 Å². The summed E-state index contributed by atoms with van der Waals surface area (Å²) < 4.78 is 26.0. The summed E-state index contributed by atoms with van der Waals surface area (Å²) in [7, 11) is -3.92. The Morgan fingerprint density at radius 1 is 1.03 bits per heavy atom. The van der Waals surface area contributed by atoms with E-state index < -0.39 is 28.5 Å². The highest BCUT2D eigenvalue weighted by atomic mass is 35.5. The summed E-state index contributed by atoms with van der Waals surface area (Å²) in [5.74, 6) is -0.894. The fourth-order valence-electron chi connectivity index (χ4n) is 3.19. The Bertz CT molecular complexity index is 1100. The van der Waals surface area contributed by atoms with E-state index in [1.165, 1.54) is 17.0 Å². The first-order chi connectivity index (χ1) is 15.5. The average molecular weight is 535 g/mol. The number of halogens is 3. The molecule has 0 radical (unpaired) electrons. The summed E-state index contributed by atoms with van der Waals surface area (Å²) >= 11 is 18.2. The number of hydrogen-bond donors (Lipinski definition) is 1. The van der Waals surface area contributed by atoms with Gasteiger partial charge in [0.05, 0.1) is 27.0 Å². The molecule has 0 saturated heterocycles. The summed E-state index contributed by atoms with van der Waals surface area (Å²) in [6.45, 7) is 3.43. The number of anilines is 1. The molecule has 0 fully saturated rings. The second kappa shape index (κ2) is 11.9. The van der Waals surface area contributed by atoms with Crippen molar-refractivity contribution >= 4 is 62.3 Å². The Morgan fingerprint density at radius 2 is 1.64 bits per heavy atom. The smallest absolute Gasteiger partial charge is 0.244 e. The van der Waals surface area contributed by atoms with E-state index in [0.717, 1.165) is 16.1 Å². The van der Waals surface area contributed by atoms with Gasteiger partial charge in [0.25, 0.3) is 0 Å². The third-order valence-corrected chi connectivity index (χ3v) is 7.09. The number of amides is 2. The number of hydrogen-bond acceptors (Lipinski definition) is 4. The molecule has 11 heteroatoms. The fourth-order valence-corrected chi connectivity index (χ4v) is 4.74. The summed E-state index contributed by atoms with van der Waals surface area (Å²) in [5, 5.41) is 2.97. The summed E-state index contributed by atoms with van der Waals surface area (Å²) in [6.07, 6.45) is 1.45. The molecule has 0 unspecified atom stereocenters. The summed E-state index contributed by atoms with van der Waals surface area (Å²) in [5.41, 5.74) is 1.00. The lowest BCUT2D eigenvalue weighted by atomic mass is 10.1. The molecule has 0 aromatic heterocycles. The minimum Gasteiger partial charge on any atom is -0.355 e. The van der Waals surface area contributed by atoms with E-state index in [0.29, 0.717) is 13.0 Å². The molecule has 1 N–H and O–H groups in total. The molecule has 0 spiro atoms. The highest BCUT2D eigenvalue weighted by Crippen LogP contribution is 2.35. The van der Waals surface area contributed by atoms with Crippen molar-refractivity contribution in [1.82, 2.24) is 10.2 Å². The number of likely N-dealkylation sites (N-methyl/N-ethyl adjacent to an activating group) is 1. The highest BCUT2D eigenvalue weighted by Gasteiger charge is 2.30. The average Bonchev–Trinajstić information content (AvgIpc) is 2.75. The molecule has 2 amide bonds. The molecule has 2 aromatic carbocycles. The van der Waals surface area contributed by atoms with E-state index in [1.54, 1.807) is 13.8 Å². The lowest BCUT2D eigenvalue weighted by molar-refractivity contribution is -0.138. The molecule has 0 aliphatic carbocycles. The zero-order valence-corrected chi connectivity index (χ0v) is 21.6. The van der Waals surface area contributed by atoms with Gasteiger partial charge in [-0.25, -0.2) is 8.42 Å². The maximum Gasteiger partial charge on any atom is 0.244 e. The zero-order valence-electron chi connectivity index (χ0n) is 18.5. The maximum atomic E-state index is 13.3. The van der Waals surface area contributed by atoms with Crippen LogP contribution in [0.4, 0.5) is 5.69 Å². The maximum absolute atomic E-state index is 13.3. The molecule has 2 aromatic rings. The van der Waals surface area contributed by atoms with Gasteiger partial charge in [-0.05, 0) is 38.0 Å². The molecular formula is C22H26Cl3N3O4S. The molecule has 2 rings (SSSR count). The van der Waals surface area contributed by atoms with Crippen LogP contribution in [0.25, 0.3) is 0 Å². The van der Waals surface area contributed by atoms with Crippen molar-refractivity contribution < 1.29 is 18.0 Å². The molecule has 0 heterocycles. The fraction of sp³-hybridized carbons (Fsp3) is 0.364. The van der Waals surface area contributed by atoms with Gasteiger partial charge in [0.2, 0.25) is 21.8 Å². The second-order valence-corrected chi connectivity index (χ2v) is 10.5. The minimum absolute atomic E-state index is 0.0234. The van der Waals surface area contributed by atoms with Crippen LogP contribution in [0.5, 0.6) is 0 Å². The molecule has 0 bridgehead atoms. The van der Waals surface area contributed by atoms with Gasteiger partial charge < -0.3 is 10.2 Å².